The molecule has 5 heteroatoms. The highest BCUT2D eigenvalue weighted by Crippen LogP contribution is 2.17. The molecule has 0 aliphatic rings. The van der Waals surface area contributed by atoms with Gasteiger partial charge in [0.05, 0.1) is 0 Å². The quantitative estimate of drug-likeness (QED) is 0.730. The first-order valence-electron chi connectivity index (χ1n) is 7.65. The molecule has 0 aliphatic carbocycles. The van der Waals surface area contributed by atoms with E-state index in [1.54, 1.807) is 7.11 Å². The van der Waals surface area contributed by atoms with Crippen LogP contribution in [-0.2, 0) is 11.2 Å². The van der Waals surface area contributed by atoms with Crippen molar-refractivity contribution in [2.45, 2.75) is 26.7 Å². The highest BCUT2D eigenvalue weighted by molar-refractivity contribution is 5.57. The number of hydrogen-bond acceptors (Lipinski definition) is 5. The molecule has 2 rings (SSSR count). The smallest absolute Gasteiger partial charge is 0.224 e. The van der Waals surface area contributed by atoms with Gasteiger partial charge in [-0.2, -0.15) is 4.98 Å². The molecular weight excluding hydrogens is 276 g/mol. The molecule has 0 bridgehead atoms. The third-order valence-corrected chi connectivity index (χ3v) is 3.30. The maximum atomic E-state index is 5.03. The molecule has 0 aliphatic heterocycles. The van der Waals surface area contributed by atoms with Crippen molar-refractivity contribution in [1.82, 2.24) is 9.97 Å². The van der Waals surface area contributed by atoms with Gasteiger partial charge in [-0.25, -0.2) is 4.98 Å². The average molecular weight is 300 g/mol. The molecule has 0 radical (unpaired) electrons. The van der Waals surface area contributed by atoms with Crippen LogP contribution in [0.3, 0.4) is 0 Å². The van der Waals surface area contributed by atoms with E-state index in [0.717, 1.165) is 43.2 Å². The van der Waals surface area contributed by atoms with Gasteiger partial charge in [-0.3, -0.25) is 0 Å². The van der Waals surface area contributed by atoms with Crippen molar-refractivity contribution in [2.24, 2.45) is 0 Å². The second-order valence-corrected chi connectivity index (χ2v) is 5.17. The van der Waals surface area contributed by atoms with Crippen molar-refractivity contribution < 1.29 is 4.74 Å². The largest absolute Gasteiger partial charge is 0.385 e. The number of anilines is 3. The molecule has 0 atom stereocenters. The number of nitrogens with one attached hydrogen (secondary N) is 2. The predicted octanol–water partition coefficient (Wildman–Crippen LogP) is 3.54. The molecule has 2 aromatic rings. The molecule has 0 saturated carbocycles. The Labute approximate surface area is 132 Å². The number of hydrogen-bond donors (Lipinski definition) is 2. The fraction of sp³-hybridized carbons (Fsp3) is 0.412. The van der Waals surface area contributed by atoms with E-state index in [1.165, 1.54) is 5.56 Å². The van der Waals surface area contributed by atoms with Gasteiger partial charge in [-0.15, -0.1) is 0 Å². The molecule has 22 heavy (non-hydrogen) atoms. The fourth-order valence-corrected chi connectivity index (χ4v) is 2.10. The van der Waals surface area contributed by atoms with Crippen LogP contribution in [0.5, 0.6) is 0 Å². The van der Waals surface area contributed by atoms with Crippen molar-refractivity contribution in [2.75, 3.05) is 30.9 Å². The number of ether oxygens (including phenoxy) is 1. The summed E-state index contributed by atoms with van der Waals surface area (Å²) in [4.78, 5) is 8.89. The number of aromatic nitrogens is 2. The van der Waals surface area contributed by atoms with E-state index in [4.69, 9.17) is 4.74 Å². The minimum absolute atomic E-state index is 0.642. The molecule has 1 aromatic carbocycles. The monoisotopic (exact) mass is 300 g/mol. The molecule has 0 saturated heterocycles. The second kappa shape index (κ2) is 8.34. The lowest BCUT2D eigenvalue weighted by Crippen LogP contribution is -2.09. The SMILES string of the molecule is CCc1ccc(Nc2cc(C)nc(NCCCOC)n2)cc1. The lowest BCUT2D eigenvalue weighted by molar-refractivity contribution is 0.197. The minimum atomic E-state index is 0.642. The van der Waals surface area contributed by atoms with E-state index >= 15 is 0 Å². The molecule has 5 nitrogen and oxygen atoms in total. The summed E-state index contributed by atoms with van der Waals surface area (Å²) >= 11 is 0. The Balaban J connectivity index is 2.01. The van der Waals surface area contributed by atoms with Gasteiger partial charge in [-0.05, 0) is 37.5 Å². The molecule has 2 N–H and O–H groups in total. The van der Waals surface area contributed by atoms with Crippen LogP contribution in [0, 0.1) is 6.92 Å². The molecule has 0 amide bonds. The van der Waals surface area contributed by atoms with E-state index < -0.39 is 0 Å². The Bertz CT molecular complexity index is 584. The van der Waals surface area contributed by atoms with Crippen LogP contribution in [0.25, 0.3) is 0 Å². The molecule has 0 fully saturated rings. The zero-order valence-electron chi connectivity index (χ0n) is 13.5. The van der Waals surface area contributed by atoms with E-state index in [9.17, 15) is 0 Å². The van der Waals surface area contributed by atoms with Crippen LogP contribution in [0.1, 0.15) is 24.6 Å². The van der Waals surface area contributed by atoms with Crippen LogP contribution in [-0.4, -0.2) is 30.2 Å². The second-order valence-electron chi connectivity index (χ2n) is 5.17. The highest BCUT2D eigenvalue weighted by Gasteiger charge is 2.03. The van der Waals surface area contributed by atoms with Crippen LogP contribution < -0.4 is 10.6 Å². The van der Waals surface area contributed by atoms with Gasteiger partial charge in [0.25, 0.3) is 0 Å². The van der Waals surface area contributed by atoms with Gasteiger partial charge >= 0.3 is 0 Å². The summed E-state index contributed by atoms with van der Waals surface area (Å²) in [7, 11) is 1.70. The lowest BCUT2D eigenvalue weighted by Gasteiger charge is -2.10. The minimum Gasteiger partial charge on any atom is -0.385 e. The van der Waals surface area contributed by atoms with Gasteiger partial charge < -0.3 is 15.4 Å². The van der Waals surface area contributed by atoms with Gasteiger partial charge in [0.15, 0.2) is 0 Å². The highest BCUT2D eigenvalue weighted by atomic mass is 16.5. The van der Waals surface area contributed by atoms with Crippen molar-refractivity contribution in [3.05, 3.63) is 41.6 Å². The zero-order chi connectivity index (χ0) is 15.8. The Kier molecular flexibility index (Phi) is 6.15. The molecule has 0 spiro atoms. The van der Waals surface area contributed by atoms with Gasteiger partial charge in [0.1, 0.15) is 5.82 Å². The summed E-state index contributed by atoms with van der Waals surface area (Å²) < 4.78 is 5.03. The maximum Gasteiger partial charge on any atom is 0.224 e. The lowest BCUT2D eigenvalue weighted by atomic mass is 10.1. The van der Waals surface area contributed by atoms with E-state index in [1.807, 2.05) is 13.0 Å². The summed E-state index contributed by atoms with van der Waals surface area (Å²) in [5, 5.41) is 6.54. The molecule has 1 aromatic heterocycles. The summed E-state index contributed by atoms with van der Waals surface area (Å²) in [6, 6.07) is 10.3. The first kappa shape index (κ1) is 16.2. The normalized spacial score (nSPS) is 10.5. The predicted molar refractivity (Wildman–Crippen MR) is 90.9 cm³/mol. The summed E-state index contributed by atoms with van der Waals surface area (Å²) in [5.41, 5.74) is 3.28. The first-order chi connectivity index (χ1) is 10.7. The Morgan fingerprint density at radius 3 is 2.59 bits per heavy atom. The van der Waals surface area contributed by atoms with E-state index in [0.29, 0.717) is 5.95 Å². The van der Waals surface area contributed by atoms with Gasteiger partial charge in [0, 0.05) is 37.7 Å². The zero-order valence-corrected chi connectivity index (χ0v) is 13.5. The molecular formula is C17H24N4O. The van der Waals surface area contributed by atoms with Crippen LogP contribution >= 0.6 is 0 Å². The van der Waals surface area contributed by atoms with Crippen molar-refractivity contribution in [1.29, 1.82) is 0 Å². The molecule has 118 valence electrons. The van der Waals surface area contributed by atoms with E-state index in [-0.39, 0.29) is 0 Å². The van der Waals surface area contributed by atoms with Crippen LogP contribution in [0.4, 0.5) is 17.5 Å². The topological polar surface area (TPSA) is 59.1 Å². The van der Waals surface area contributed by atoms with Crippen molar-refractivity contribution in [3.8, 4) is 0 Å². The van der Waals surface area contributed by atoms with Crippen LogP contribution in [0.2, 0.25) is 0 Å². The summed E-state index contributed by atoms with van der Waals surface area (Å²) in [6.07, 6.45) is 1.97. The third-order valence-electron chi connectivity index (χ3n) is 3.30. The van der Waals surface area contributed by atoms with Crippen molar-refractivity contribution >= 4 is 17.5 Å². The number of benzene rings is 1. The number of methoxy groups -OCH3 is 1. The maximum absolute atomic E-state index is 5.03. The number of nitrogens with zero attached hydrogens (tertiary/aromatic N) is 2. The van der Waals surface area contributed by atoms with Crippen LogP contribution in [0.15, 0.2) is 30.3 Å². The van der Waals surface area contributed by atoms with Crippen molar-refractivity contribution in [3.63, 3.8) is 0 Å². The van der Waals surface area contributed by atoms with Gasteiger partial charge in [-0.1, -0.05) is 19.1 Å². The van der Waals surface area contributed by atoms with E-state index in [2.05, 4.69) is 51.8 Å². The fourth-order valence-electron chi connectivity index (χ4n) is 2.10. The van der Waals surface area contributed by atoms with Gasteiger partial charge in [0.2, 0.25) is 5.95 Å². The average Bonchev–Trinajstić information content (AvgIpc) is 2.52. The number of rotatable bonds is 8. The summed E-state index contributed by atoms with van der Waals surface area (Å²) in [5.74, 6) is 1.44. The Morgan fingerprint density at radius 2 is 1.91 bits per heavy atom. The first-order valence-corrected chi connectivity index (χ1v) is 7.65. The standard InChI is InChI=1S/C17H24N4O/c1-4-14-6-8-15(9-7-14)20-16-12-13(2)19-17(21-16)18-10-5-11-22-3/h6-9,12H,4-5,10-11H2,1-3H3,(H2,18,19,20,21). The summed E-state index contributed by atoms with van der Waals surface area (Å²) in [6.45, 7) is 5.64. The third kappa shape index (κ3) is 5.00. The number of aryl methyl sites for hydroxylation is 2. The Morgan fingerprint density at radius 1 is 1.14 bits per heavy atom. The Hall–Kier alpha value is -2.14. The molecule has 1 heterocycles. The molecule has 0 unspecified atom stereocenters.